The molecule has 0 heterocycles. The van der Waals surface area contributed by atoms with Crippen molar-refractivity contribution >= 4 is 17.8 Å². The Morgan fingerprint density at radius 1 is 1.24 bits per heavy atom. The monoisotopic (exact) mass is 240 g/mol. The normalized spacial score (nSPS) is 11.6. The van der Waals surface area contributed by atoms with Gasteiger partial charge < -0.3 is 4.74 Å². The number of rotatable bonds is 5. The lowest BCUT2D eigenvalue weighted by Crippen LogP contribution is -2.06. The van der Waals surface area contributed by atoms with Gasteiger partial charge in [-0.15, -0.1) is 0 Å². The molecule has 0 N–H and O–H groups in total. The summed E-state index contributed by atoms with van der Waals surface area (Å²) in [5.74, 6) is 0. The molecule has 1 aromatic rings. The molecule has 0 aliphatic carbocycles. The summed E-state index contributed by atoms with van der Waals surface area (Å²) < 4.78 is 4.52. The highest BCUT2D eigenvalue weighted by Gasteiger charge is 2.29. The van der Waals surface area contributed by atoms with Gasteiger partial charge in [-0.1, -0.05) is 0 Å². The first-order chi connectivity index (χ1) is 7.99. The van der Waals surface area contributed by atoms with E-state index in [1.165, 1.54) is 13.0 Å². The molecule has 0 saturated heterocycles. The minimum Gasteiger partial charge on any atom is -0.459 e. The molecule has 0 aliphatic rings. The van der Waals surface area contributed by atoms with Crippen LogP contribution in [0.1, 0.15) is 18.6 Å². The van der Waals surface area contributed by atoms with Crippen LogP contribution in [0.15, 0.2) is 18.2 Å². The van der Waals surface area contributed by atoms with Crippen LogP contribution in [-0.4, -0.2) is 16.3 Å². The van der Waals surface area contributed by atoms with Gasteiger partial charge in [-0.3, -0.25) is 25.0 Å². The number of hydrogen-bond donors (Lipinski definition) is 0. The maximum atomic E-state index is 10.7. The Labute approximate surface area is 95.1 Å². The smallest absolute Gasteiger partial charge is 0.293 e. The number of ether oxygens (including phenoxy) is 1. The van der Waals surface area contributed by atoms with Crippen LogP contribution in [0.5, 0.6) is 0 Å². The minimum absolute atomic E-state index is 0.0884. The van der Waals surface area contributed by atoms with Gasteiger partial charge in [0.05, 0.1) is 9.85 Å². The molecule has 8 nitrogen and oxygen atoms in total. The Kier molecular flexibility index (Phi) is 3.70. The predicted molar refractivity (Wildman–Crippen MR) is 55.3 cm³/mol. The van der Waals surface area contributed by atoms with E-state index in [-0.39, 0.29) is 12.0 Å². The van der Waals surface area contributed by atoms with Gasteiger partial charge >= 0.3 is 0 Å². The average Bonchev–Trinajstić information content (AvgIpc) is 2.28. The number of hydrogen-bond acceptors (Lipinski definition) is 6. The zero-order valence-electron chi connectivity index (χ0n) is 8.73. The third kappa shape index (κ3) is 2.54. The van der Waals surface area contributed by atoms with Crippen molar-refractivity contribution in [3.05, 3.63) is 44.0 Å². The molecule has 0 aliphatic heterocycles. The van der Waals surface area contributed by atoms with Gasteiger partial charge in [0.15, 0.2) is 0 Å². The van der Waals surface area contributed by atoms with Crippen LogP contribution in [0, 0.1) is 20.2 Å². The molecule has 90 valence electrons. The van der Waals surface area contributed by atoms with Gasteiger partial charge in [0.1, 0.15) is 11.7 Å². The Morgan fingerprint density at radius 3 is 2.06 bits per heavy atom. The van der Waals surface area contributed by atoms with Gasteiger partial charge in [0.25, 0.3) is 17.8 Å². The van der Waals surface area contributed by atoms with Crippen molar-refractivity contribution in [1.29, 1.82) is 0 Å². The second kappa shape index (κ2) is 5.01. The fourth-order valence-electron chi connectivity index (χ4n) is 1.43. The third-order valence-electron chi connectivity index (χ3n) is 2.12. The molecule has 0 spiro atoms. The van der Waals surface area contributed by atoms with Crippen molar-refractivity contribution in [3.63, 3.8) is 0 Å². The number of carbonyl (C=O) groups is 1. The molecule has 0 radical (unpaired) electrons. The number of nitro groups is 2. The van der Waals surface area contributed by atoms with E-state index in [1.54, 1.807) is 0 Å². The first kappa shape index (κ1) is 12.6. The van der Waals surface area contributed by atoms with Crippen LogP contribution in [0.25, 0.3) is 0 Å². The van der Waals surface area contributed by atoms with Crippen molar-refractivity contribution in [2.24, 2.45) is 0 Å². The van der Waals surface area contributed by atoms with Crippen LogP contribution in [0.2, 0.25) is 0 Å². The first-order valence-corrected chi connectivity index (χ1v) is 4.49. The fourth-order valence-corrected chi connectivity index (χ4v) is 1.43. The van der Waals surface area contributed by atoms with Crippen molar-refractivity contribution in [3.8, 4) is 0 Å². The van der Waals surface area contributed by atoms with E-state index >= 15 is 0 Å². The zero-order valence-corrected chi connectivity index (χ0v) is 8.73. The molecule has 0 saturated carbocycles. The highest BCUT2D eigenvalue weighted by Crippen LogP contribution is 2.34. The molecule has 0 amide bonds. The highest BCUT2D eigenvalue weighted by atomic mass is 16.6. The van der Waals surface area contributed by atoms with E-state index in [4.69, 9.17) is 0 Å². The van der Waals surface area contributed by atoms with E-state index in [0.29, 0.717) is 0 Å². The summed E-state index contributed by atoms with van der Waals surface area (Å²) in [6.45, 7) is 1.41. The van der Waals surface area contributed by atoms with Gasteiger partial charge in [-0.25, -0.2) is 0 Å². The van der Waals surface area contributed by atoms with Crippen molar-refractivity contribution in [2.45, 2.75) is 13.0 Å². The molecule has 1 unspecified atom stereocenters. The van der Waals surface area contributed by atoms with Gasteiger partial charge in [0, 0.05) is 12.1 Å². The van der Waals surface area contributed by atoms with E-state index < -0.39 is 27.3 Å². The Morgan fingerprint density at radius 2 is 1.71 bits per heavy atom. The number of carbonyl (C=O) groups excluding carboxylic acids is 1. The summed E-state index contributed by atoms with van der Waals surface area (Å²) in [6, 6.07) is 3.44. The number of benzene rings is 1. The first-order valence-electron chi connectivity index (χ1n) is 4.49. The van der Waals surface area contributed by atoms with Crippen molar-refractivity contribution in [2.75, 3.05) is 0 Å². The lowest BCUT2D eigenvalue weighted by Gasteiger charge is -2.10. The largest absolute Gasteiger partial charge is 0.459 e. The predicted octanol–water partition coefficient (Wildman–Crippen LogP) is 1.74. The molecule has 0 fully saturated rings. The summed E-state index contributed by atoms with van der Waals surface area (Å²) in [4.78, 5) is 30.2. The van der Waals surface area contributed by atoms with E-state index in [1.807, 2.05) is 0 Å². The lowest BCUT2D eigenvalue weighted by atomic mass is 10.1. The number of nitro benzene ring substituents is 2. The molecule has 1 atom stereocenters. The van der Waals surface area contributed by atoms with E-state index in [0.717, 1.165) is 12.1 Å². The van der Waals surface area contributed by atoms with Crippen LogP contribution in [0.3, 0.4) is 0 Å². The minimum atomic E-state index is -1.06. The van der Waals surface area contributed by atoms with Crippen LogP contribution in [0.4, 0.5) is 11.4 Å². The Bertz CT molecular complexity index is 440. The zero-order chi connectivity index (χ0) is 13.0. The average molecular weight is 240 g/mol. The van der Waals surface area contributed by atoms with Crippen LogP contribution >= 0.6 is 0 Å². The summed E-state index contributed by atoms with van der Waals surface area (Å²) >= 11 is 0. The molecule has 1 aromatic carbocycles. The maximum absolute atomic E-state index is 10.7. The fraction of sp³-hybridized carbons (Fsp3) is 0.222. The van der Waals surface area contributed by atoms with Gasteiger partial charge in [-0.05, 0) is 13.0 Å². The summed E-state index contributed by atoms with van der Waals surface area (Å²) in [5, 5.41) is 21.5. The molecule has 0 aromatic heterocycles. The second-order valence-corrected chi connectivity index (χ2v) is 3.10. The number of nitrogens with zero attached hydrogens (tertiary/aromatic N) is 2. The van der Waals surface area contributed by atoms with Crippen LogP contribution < -0.4 is 0 Å². The SMILES string of the molecule is CC(OC=O)c1c([N+](=O)[O-])cccc1[N+](=O)[O-]. The molecule has 8 heteroatoms. The lowest BCUT2D eigenvalue weighted by molar-refractivity contribution is -0.396. The molecule has 17 heavy (non-hydrogen) atoms. The van der Waals surface area contributed by atoms with E-state index in [9.17, 15) is 25.0 Å². The van der Waals surface area contributed by atoms with E-state index in [2.05, 4.69) is 4.74 Å². The van der Waals surface area contributed by atoms with Crippen molar-refractivity contribution in [1.82, 2.24) is 0 Å². The summed E-state index contributed by atoms with van der Waals surface area (Å²) in [7, 11) is 0. The van der Waals surface area contributed by atoms with Crippen LogP contribution in [-0.2, 0) is 9.53 Å². The standard InChI is InChI=1S/C9H8N2O6/c1-6(17-5-12)9-7(10(13)14)3-2-4-8(9)11(15)16/h2-6H,1H3. The Balaban J connectivity index is 3.43. The topological polar surface area (TPSA) is 113 Å². The van der Waals surface area contributed by atoms with Gasteiger partial charge in [-0.2, -0.15) is 0 Å². The Hall–Kier alpha value is -2.51. The maximum Gasteiger partial charge on any atom is 0.293 e. The summed E-state index contributed by atoms with van der Waals surface area (Å²) in [6.07, 6.45) is -1.06. The van der Waals surface area contributed by atoms with Gasteiger partial charge in [0.2, 0.25) is 0 Å². The molecular formula is C9H8N2O6. The third-order valence-corrected chi connectivity index (χ3v) is 2.12. The molecule has 1 rings (SSSR count). The van der Waals surface area contributed by atoms with Crippen molar-refractivity contribution < 1.29 is 19.4 Å². The second-order valence-electron chi connectivity index (χ2n) is 3.10. The summed E-state index contributed by atoms with van der Waals surface area (Å²) in [5.41, 5.74) is -1.13. The highest BCUT2D eigenvalue weighted by molar-refractivity contribution is 5.55. The molecular weight excluding hydrogens is 232 g/mol. The quantitative estimate of drug-likeness (QED) is 0.440. The molecule has 0 bridgehead atoms.